The molecule has 0 N–H and O–H groups in total. The molecule has 0 atom stereocenters. The Morgan fingerprint density at radius 2 is 2.06 bits per heavy atom. The highest BCUT2D eigenvalue weighted by molar-refractivity contribution is 9.10. The maximum Gasteiger partial charge on any atom is 0.253 e. The molecule has 0 saturated heterocycles. The van der Waals surface area contributed by atoms with Crippen LogP contribution >= 0.6 is 15.9 Å². The molecule has 0 fully saturated rings. The van der Waals surface area contributed by atoms with Gasteiger partial charge in [-0.15, -0.1) is 0 Å². The van der Waals surface area contributed by atoms with Gasteiger partial charge in [0, 0.05) is 17.0 Å². The molecule has 0 aliphatic carbocycles. The van der Waals surface area contributed by atoms with E-state index in [1.165, 1.54) is 15.9 Å². The van der Waals surface area contributed by atoms with Crippen LogP contribution in [0.2, 0.25) is 0 Å². The number of aromatic nitrogens is 2. The van der Waals surface area contributed by atoms with Crippen molar-refractivity contribution >= 4 is 15.9 Å². The number of rotatable bonds is 3. The first-order valence-corrected chi connectivity index (χ1v) is 6.30. The summed E-state index contributed by atoms with van der Waals surface area (Å²) in [5, 5.41) is 0. The van der Waals surface area contributed by atoms with Crippen molar-refractivity contribution in [2.24, 2.45) is 0 Å². The summed E-state index contributed by atoms with van der Waals surface area (Å²) >= 11 is 3.58. The van der Waals surface area contributed by atoms with Crippen molar-refractivity contribution in [1.82, 2.24) is 4.57 Å². The van der Waals surface area contributed by atoms with Gasteiger partial charge < -0.3 is 0 Å². The fourth-order valence-corrected chi connectivity index (χ4v) is 2.26. The third kappa shape index (κ3) is 2.19. The SMILES string of the molecule is CCn1cc[n+](Cc2ccccc2Br)c1C. The molecule has 0 radical (unpaired) electrons. The third-order valence-electron chi connectivity index (χ3n) is 2.90. The van der Waals surface area contributed by atoms with Crippen molar-refractivity contribution < 1.29 is 4.57 Å². The fraction of sp³-hybridized carbons (Fsp3) is 0.308. The van der Waals surface area contributed by atoms with E-state index in [4.69, 9.17) is 0 Å². The molecule has 1 heterocycles. The highest BCUT2D eigenvalue weighted by Crippen LogP contribution is 2.15. The Morgan fingerprint density at radius 3 is 2.69 bits per heavy atom. The van der Waals surface area contributed by atoms with Crippen LogP contribution in [0.5, 0.6) is 0 Å². The molecule has 0 bridgehead atoms. The third-order valence-corrected chi connectivity index (χ3v) is 3.67. The highest BCUT2D eigenvalue weighted by Gasteiger charge is 2.11. The van der Waals surface area contributed by atoms with E-state index in [9.17, 15) is 0 Å². The summed E-state index contributed by atoms with van der Waals surface area (Å²) in [7, 11) is 0. The molecule has 2 rings (SSSR count). The van der Waals surface area contributed by atoms with Crippen molar-refractivity contribution in [2.75, 3.05) is 0 Å². The van der Waals surface area contributed by atoms with Gasteiger partial charge in [-0.25, -0.2) is 9.13 Å². The molecule has 0 aliphatic heterocycles. The second-order valence-electron chi connectivity index (χ2n) is 3.85. The smallest absolute Gasteiger partial charge is 0.235 e. The van der Waals surface area contributed by atoms with Crippen LogP contribution < -0.4 is 4.57 Å². The summed E-state index contributed by atoms with van der Waals surface area (Å²) in [6.45, 7) is 6.26. The van der Waals surface area contributed by atoms with Crippen molar-refractivity contribution in [1.29, 1.82) is 0 Å². The lowest BCUT2D eigenvalue weighted by molar-refractivity contribution is -0.694. The van der Waals surface area contributed by atoms with Crippen molar-refractivity contribution in [3.8, 4) is 0 Å². The molecule has 16 heavy (non-hydrogen) atoms. The quantitative estimate of drug-likeness (QED) is 0.764. The van der Waals surface area contributed by atoms with Crippen LogP contribution in [0.4, 0.5) is 0 Å². The summed E-state index contributed by atoms with van der Waals surface area (Å²) in [5.74, 6) is 1.29. The molecule has 0 saturated carbocycles. The van der Waals surface area contributed by atoms with Crippen molar-refractivity contribution in [3.05, 3.63) is 52.5 Å². The summed E-state index contributed by atoms with van der Waals surface area (Å²) in [4.78, 5) is 0. The molecule has 0 aliphatic rings. The van der Waals surface area contributed by atoms with E-state index in [1.807, 2.05) is 6.07 Å². The molecular formula is C13H16BrN2+. The number of halogens is 1. The molecule has 2 aromatic rings. The topological polar surface area (TPSA) is 8.81 Å². The Labute approximate surface area is 105 Å². The second-order valence-corrected chi connectivity index (χ2v) is 4.71. The largest absolute Gasteiger partial charge is 0.253 e. The fourth-order valence-electron chi connectivity index (χ4n) is 1.85. The number of imidazole rings is 1. The number of benzene rings is 1. The molecule has 1 aromatic heterocycles. The molecule has 2 nitrogen and oxygen atoms in total. The lowest BCUT2D eigenvalue weighted by Gasteiger charge is -2.02. The summed E-state index contributed by atoms with van der Waals surface area (Å²) in [6, 6.07) is 8.36. The van der Waals surface area contributed by atoms with Gasteiger partial charge in [-0.3, -0.25) is 0 Å². The Morgan fingerprint density at radius 1 is 1.31 bits per heavy atom. The van der Waals surface area contributed by atoms with E-state index in [0.717, 1.165) is 13.1 Å². The number of hydrogen-bond acceptors (Lipinski definition) is 0. The average molecular weight is 280 g/mol. The van der Waals surface area contributed by atoms with Crippen LogP contribution in [0, 0.1) is 6.92 Å². The van der Waals surface area contributed by atoms with Gasteiger partial charge in [0.2, 0.25) is 0 Å². The Hall–Kier alpha value is -1.09. The zero-order valence-electron chi connectivity index (χ0n) is 9.65. The minimum Gasteiger partial charge on any atom is -0.235 e. The molecule has 1 aromatic carbocycles. The zero-order valence-corrected chi connectivity index (χ0v) is 11.2. The van der Waals surface area contributed by atoms with Crippen LogP contribution in [-0.2, 0) is 13.1 Å². The summed E-state index contributed by atoms with van der Waals surface area (Å²) in [6.07, 6.45) is 4.27. The predicted octanol–water partition coefficient (Wildman–Crippen LogP) is 2.91. The first-order chi connectivity index (χ1) is 7.72. The lowest BCUT2D eigenvalue weighted by atomic mass is 10.2. The van der Waals surface area contributed by atoms with Crippen LogP contribution in [0.15, 0.2) is 41.1 Å². The van der Waals surface area contributed by atoms with E-state index in [0.29, 0.717) is 0 Å². The maximum absolute atomic E-state index is 3.58. The van der Waals surface area contributed by atoms with Gasteiger partial charge in [-0.2, -0.15) is 0 Å². The monoisotopic (exact) mass is 279 g/mol. The first-order valence-electron chi connectivity index (χ1n) is 5.51. The van der Waals surface area contributed by atoms with Gasteiger partial charge in [0.05, 0.1) is 6.54 Å². The lowest BCUT2D eigenvalue weighted by Crippen LogP contribution is -2.36. The van der Waals surface area contributed by atoms with Gasteiger partial charge in [0.15, 0.2) is 0 Å². The normalized spacial score (nSPS) is 10.7. The van der Waals surface area contributed by atoms with E-state index in [2.05, 4.69) is 69.5 Å². The molecule has 84 valence electrons. The number of hydrogen-bond donors (Lipinski definition) is 0. The number of nitrogens with zero attached hydrogens (tertiary/aromatic N) is 2. The minimum atomic E-state index is 0.917. The zero-order chi connectivity index (χ0) is 11.5. The predicted molar refractivity (Wildman–Crippen MR) is 68.3 cm³/mol. The summed E-state index contributed by atoms with van der Waals surface area (Å²) in [5.41, 5.74) is 1.31. The van der Waals surface area contributed by atoms with Gasteiger partial charge in [0.1, 0.15) is 18.9 Å². The Bertz CT molecular complexity index is 488. The van der Waals surface area contributed by atoms with Crippen LogP contribution in [-0.4, -0.2) is 4.57 Å². The van der Waals surface area contributed by atoms with E-state index >= 15 is 0 Å². The Kier molecular flexibility index (Phi) is 3.44. The molecule has 3 heteroatoms. The molecule has 0 unspecified atom stereocenters. The van der Waals surface area contributed by atoms with Gasteiger partial charge in [-0.05, 0) is 13.0 Å². The van der Waals surface area contributed by atoms with Crippen LogP contribution in [0.3, 0.4) is 0 Å². The van der Waals surface area contributed by atoms with Gasteiger partial charge in [-0.1, -0.05) is 34.1 Å². The highest BCUT2D eigenvalue weighted by atomic mass is 79.9. The van der Waals surface area contributed by atoms with Crippen LogP contribution in [0.25, 0.3) is 0 Å². The van der Waals surface area contributed by atoms with E-state index in [1.54, 1.807) is 0 Å². The van der Waals surface area contributed by atoms with E-state index in [-0.39, 0.29) is 0 Å². The minimum absolute atomic E-state index is 0.917. The molecular weight excluding hydrogens is 264 g/mol. The van der Waals surface area contributed by atoms with Crippen LogP contribution in [0.1, 0.15) is 18.3 Å². The van der Waals surface area contributed by atoms with Gasteiger partial charge in [0.25, 0.3) is 5.82 Å². The van der Waals surface area contributed by atoms with Crippen molar-refractivity contribution in [3.63, 3.8) is 0 Å². The first kappa shape index (κ1) is 11.4. The maximum atomic E-state index is 3.58. The summed E-state index contributed by atoms with van der Waals surface area (Å²) < 4.78 is 5.69. The van der Waals surface area contributed by atoms with Crippen molar-refractivity contribution in [2.45, 2.75) is 26.9 Å². The average Bonchev–Trinajstić information content (AvgIpc) is 2.63. The second kappa shape index (κ2) is 4.83. The molecule has 0 spiro atoms. The Balaban J connectivity index is 2.27. The van der Waals surface area contributed by atoms with E-state index < -0.39 is 0 Å². The van der Waals surface area contributed by atoms with Gasteiger partial charge >= 0.3 is 0 Å². The number of aryl methyl sites for hydroxylation is 1. The molecule has 0 amide bonds. The standard InChI is InChI=1S/C13H16BrN2/c1-3-15-8-9-16(11(15)2)10-12-6-4-5-7-13(12)14/h4-9H,3,10H2,1-2H3/q+1.